The molecule has 0 spiro atoms. The maximum atomic E-state index is 13.7. The largest absolute Gasteiger partial charge is 0.419 e. The third kappa shape index (κ3) is 6.39. The number of pyridine rings is 2. The van der Waals surface area contributed by atoms with Gasteiger partial charge in [0.25, 0.3) is 0 Å². The van der Waals surface area contributed by atoms with Crippen LogP contribution in [0.1, 0.15) is 54.5 Å². The summed E-state index contributed by atoms with van der Waals surface area (Å²) in [5.41, 5.74) is -0.140. The van der Waals surface area contributed by atoms with E-state index in [-0.39, 0.29) is 18.2 Å². The van der Waals surface area contributed by atoms with Crippen LogP contribution in [0.25, 0.3) is 0 Å². The number of anilines is 4. The van der Waals surface area contributed by atoms with E-state index < -0.39 is 23.5 Å². The van der Waals surface area contributed by atoms with Crippen LogP contribution in [0.5, 0.6) is 0 Å². The van der Waals surface area contributed by atoms with Gasteiger partial charge in [-0.25, -0.2) is 15.0 Å². The third-order valence-electron chi connectivity index (χ3n) is 7.17. The van der Waals surface area contributed by atoms with E-state index in [1.165, 1.54) is 18.3 Å². The number of alkyl halides is 6. The molecule has 2 aliphatic rings. The van der Waals surface area contributed by atoms with Crippen molar-refractivity contribution >= 4 is 23.4 Å². The summed E-state index contributed by atoms with van der Waals surface area (Å²) in [6.45, 7) is 2.20. The molecule has 5 rings (SSSR count). The zero-order valence-electron chi connectivity index (χ0n) is 21.7. The van der Waals surface area contributed by atoms with Crippen molar-refractivity contribution in [2.75, 3.05) is 41.3 Å². The summed E-state index contributed by atoms with van der Waals surface area (Å²) >= 11 is 0. The minimum Gasteiger partial charge on any atom is -0.356 e. The predicted octanol–water partition coefficient (Wildman–Crippen LogP) is 6.42. The van der Waals surface area contributed by atoms with E-state index in [1.807, 2.05) is 0 Å². The number of fused-ring (bicyclic) bond motifs is 1. The highest BCUT2D eigenvalue weighted by Crippen LogP contribution is 2.36. The van der Waals surface area contributed by atoms with Crippen LogP contribution in [0.2, 0.25) is 0 Å². The van der Waals surface area contributed by atoms with Crippen LogP contribution in [0.3, 0.4) is 0 Å². The summed E-state index contributed by atoms with van der Waals surface area (Å²) < 4.78 is 80.4. The Morgan fingerprint density at radius 1 is 0.725 bits per heavy atom. The Morgan fingerprint density at radius 3 is 2.17 bits per heavy atom. The number of hydrogen-bond donors (Lipinski definition) is 1. The summed E-state index contributed by atoms with van der Waals surface area (Å²) in [6, 6.07) is 4.54. The lowest BCUT2D eigenvalue weighted by Gasteiger charge is -2.28. The SMILES string of the molecule is FC(F)(F)c1ccc(Nc2nc(N3CCCCC3)nc3c2CCCCN(c2ncccc2C(F)(F)F)CC3)nc1. The Labute approximate surface area is 227 Å². The van der Waals surface area contributed by atoms with Crippen LogP contribution < -0.4 is 15.1 Å². The standard InChI is InChI=1S/C27H29F6N7/c28-26(29,30)18-9-10-22(35-17-18)37-23-19-7-2-5-13-39(24-20(27(31,32)33)8-6-12-34-24)16-11-21(19)36-25(38-23)40-14-3-1-4-15-40/h6,8-10,12,17H,1-5,7,11,13-16H2,(H,35,36,37,38). The molecule has 214 valence electrons. The van der Waals surface area contributed by atoms with Crippen molar-refractivity contribution in [3.8, 4) is 0 Å². The highest BCUT2D eigenvalue weighted by atomic mass is 19.4. The van der Waals surface area contributed by atoms with Crippen molar-refractivity contribution in [2.45, 2.75) is 57.3 Å². The summed E-state index contributed by atoms with van der Waals surface area (Å²) in [7, 11) is 0. The van der Waals surface area contributed by atoms with Crippen LogP contribution in [0.15, 0.2) is 36.7 Å². The molecule has 0 unspecified atom stereocenters. The van der Waals surface area contributed by atoms with Gasteiger partial charge >= 0.3 is 12.4 Å². The predicted molar refractivity (Wildman–Crippen MR) is 139 cm³/mol. The molecule has 3 aromatic rings. The zero-order chi connectivity index (χ0) is 28.3. The molecule has 5 heterocycles. The molecule has 3 aromatic heterocycles. The average molecular weight is 566 g/mol. The van der Waals surface area contributed by atoms with Crippen molar-refractivity contribution in [3.63, 3.8) is 0 Å². The van der Waals surface area contributed by atoms with E-state index in [9.17, 15) is 26.3 Å². The second-order valence-corrected chi connectivity index (χ2v) is 9.97. The van der Waals surface area contributed by atoms with Crippen molar-refractivity contribution in [1.82, 2.24) is 19.9 Å². The molecule has 0 saturated carbocycles. The van der Waals surface area contributed by atoms with E-state index in [0.29, 0.717) is 49.7 Å². The molecular weight excluding hydrogens is 536 g/mol. The molecule has 0 amide bonds. The van der Waals surface area contributed by atoms with Crippen LogP contribution in [0.4, 0.5) is 49.7 Å². The fourth-order valence-corrected chi connectivity index (χ4v) is 5.12. The van der Waals surface area contributed by atoms with Crippen LogP contribution in [-0.4, -0.2) is 46.1 Å². The number of halogens is 6. The molecule has 13 heteroatoms. The van der Waals surface area contributed by atoms with Crippen molar-refractivity contribution in [2.24, 2.45) is 0 Å². The van der Waals surface area contributed by atoms with Gasteiger partial charge in [0.15, 0.2) is 0 Å². The molecule has 0 radical (unpaired) electrons. The fourth-order valence-electron chi connectivity index (χ4n) is 5.12. The fraction of sp³-hybridized carbons (Fsp3) is 0.481. The highest BCUT2D eigenvalue weighted by Gasteiger charge is 2.36. The molecule has 40 heavy (non-hydrogen) atoms. The molecule has 7 nitrogen and oxygen atoms in total. The van der Waals surface area contributed by atoms with E-state index in [2.05, 4.69) is 20.2 Å². The first-order chi connectivity index (χ1) is 19.1. The van der Waals surface area contributed by atoms with Crippen LogP contribution >= 0.6 is 0 Å². The van der Waals surface area contributed by atoms with Gasteiger partial charge in [-0.15, -0.1) is 0 Å². The van der Waals surface area contributed by atoms with Crippen LogP contribution in [0, 0.1) is 0 Å². The second kappa shape index (κ2) is 11.5. The van der Waals surface area contributed by atoms with Gasteiger partial charge in [0, 0.05) is 50.6 Å². The second-order valence-electron chi connectivity index (χ2n) is 9.97. The zero-order valence-corrected chi connectivity index (χ0v) is 21.7. The Morgan fingerprint density at radius 2 is 1.48 bits per heavy atom. The van der Waals surface area contributed by atoms with Gasteiger partial charge in [0.05, 0.1) is 16.8 Å². The number of rotatable bonds is 4. The van der Waals surface area contributed by atoms with E-state index >= 15 is 0 Å². The Bertz CT molecular complexity index is 1300. The summed E-state index contributed by atoms with van der Waals surface area (Å²) in [4.78, 5) is 21.4. The molecular formula is C27H29F6N7. The third-order valence-corrected chi connectivity index (χ3v) is 7.17. The van der Waals surface area contributed by atoms with Crippen molar-refractivity contribution < 1.29 is 26.3 Å². The Balaban J connectivity index is 1.49. The normalized spacial score (nSPS) is 17.1. The summed E-state index contributed by atoms with van der Waals surface area (Å²) in [5, 5.41) is 3.10. The van der Waals surface area contributed by atoms with Crippen molar-refractivity contribution in [1.29, 1.82) is 0 Å². The number of piperidine rings is 1. The lowest BCUT2D eigenvalue weighted by Crippen LogP contribution is -2.32. The van der Waals surface area contributed by atoms with Gasteiger partial charge in [-0.1, -0.05) is 0 Å². The van der Waals surface area contributed by atoms with Gasteiger partial charge in [-0.3, -0.25) is 0 Å². The summed E-state index contributed by atoms with van der Waals surface area (Å²) in [6.07, 6.45) is -1.66. The van der Waals surface area contributed by atoms with E-state index in [4.69, 9.17) is 9.97 Å². The Hall–Kier alpha value is -3.64. The van der Waals surface area contributed by atoms with Crippen molar-refractivity contribution in [3.05, 3.63) is 59.0 Å². The number of nitrogens with one attached hydrogen (secondary N) is 1. The topological polar surface area (TPSA) is 70.1 Å². The highest BCUT2D eigenvalue weighted by molar-refractivity contribution is 5.60. The molecule has 0 aliphatic carbocycles. The van der Waals surface area contributed by atoms with E-state index in [1.54, 1.807) is 4.90 Å². The maximum absolute atomic E-state index is 13.7. The molecule has 0 bridgehead atoms. The van der Waals surface area contributed by atoms with E-state index in [0.717, 1.165) is 56.2 Å². The number of hydrogen-bond acceptors (Lipinski definition) is 7. The minimum atomic E-state index is -4.53. The monoisotopic (exact) mass is 565 g/mol. The molecule has 1 N–H and O–H groups in total. The maximum Gasteiger partial charge on any atom is 0.419 e. The minimum absolute atomic E-state index is 0.101. The van der Waals surface area contributed by atoms with Gasteiger partial charge in [0.1, 0.15) is 17.5 Å². The first kappa shape index (κ1) is 27.9. The van der Waals surface area contributed by atoms with Crippen LogP contribution in [-0.2, 0) is 25.2 Å². The Kier molecular flexibility index (Phi) is 7.99. The first-order valence-corrected chi connectivity index (χ1v) is 13.3. The molecule has 0 atom stereocenters. The quantitative estimate of drug-likeness (QED) is 0.366. The molecule has 0 aromatic carbocycles. The number of aromatic nitrogens is 4. The average Bonchev–Trinajstić information content (AvgIpc) is 3.03. The lowest BCUT2D eigenvalue weighted by molar-refractivity contribution is -0.138. The number of nitrogens with zero attached hydrogens (tertiary/aromatic N) is 6. The van der Waals surface area contributed by atoms with Gasteiger partial charge in [0.2, 0.25) is 5.95 Å². The molecule has 1 fully saturated rings. The van der Waals surface area contributed by atoms with Gasteiger partial charge in [-0.05, 0) is 62.8 Å². The first-order valence-electron chi connectivity index (χ1n) is 13.3. The molecule has 2 aliphatic heterocycles. The van der Waals surface area contributed by atoms with Gasteiger partial charge < -0.3 is 15.1 Å². The van der Waals surface area contributed by atoms with Gasteiger partial charge in [-0.2, -0.15) is 31.3 Å². The summed E-state index contributed by atoms with van der Waals surface area (Å²) in [5.74, 6) is 1.06. The molecule has 1 saturated heterocycles. The smallest absolute Gasteiger partial charge is 0.356 e. The lowest BCUT2D eigenvalue weighted by atomic mass is 10.1.